The molecule has 4 N–H and O–H groups in total. The van der Waals surface area contributed by atoms with E-state index >= 15 is 0 Å². The van der Waals surface area contributed by atoms with E-state index in [1.54, 1.807) is 13.8 Å². The molecule has 0 saturated carbocycles. The number of amides is 1. The van der Waals surface area contributed by atoms with Gasteiger partial charge < -0.3 is 25.4 Å². The van der Waals surface area contributed by atoms with Crippen molar-refractivity contribution in [3.8, 4) is 0 Å². The molecule has 1 aromatic carbocycles. The minimum absolute atomic E-state index is 0.0950. The van der Waals surface area contributed by atoms with E-state index in [4.69, 9.17) is 9.84 Å². The highest BCUT2D eigenvalue weighted by Gasteiger charge is 2.27. The van der Waals surface area contributed by atoms with Crippen LogP contribution in [0.15, 0.2) is 30.3 Å². The largest absolute Gasteiger partial charge is 0.445 e. The monoisotopic (exact) mass is 389 g/mol. The van der Waals surface area contributed by atoms with Crippen LogP contribution in [-0.4, -0.2) is 65.7 Å². The zero-order valence-corrected chi connectivity index (χ0v) is 15.8. The number of nitrogens with one attached hydrogen (secondary N) is 1. The van der Waals surface area contributed by atoms with E-state index in [-0.39, 0.29) is 18.8 Å². The lowest BCUT2D eigenvalue weighted by Crippen LogP contribution is -2.45. The van der Waals surface area contributed by atoms with Crippen LogP contribution in [-0.2, 0) is 21.2 Å². The Morgan fingerprint density at radius 3 is 2.38 bits per heavy atom. The number of hydrogen-bond donors (Lipinski definition) is 4. The van der Waals surface area contributed by atoms with Crippen LogP contribution in [0.1, 0.15) is 25.8 Å². The van der Waals surface area contributed by atoms with Crippen molar-refractivity contribution < 1.29 is 33.3 Å². The van der Waals surface area contributed by atoms with Gasteiger partial charge in [-0.1, -0.05) is 30.3 Å². The predicted molar refractivity (Wildman–Crippen MR) is 96.2 cm³/mol. The van der Waals surface area contributed by atoms with Gasteiger partial charge in [-0.15, -0.1) is 0 Å². The van der Waals surface area contributed by atoms with Crippen molar-refractivity contribution in [2.45, 2.75) is 44.6 Å². The quantitative estimate of drug-likeness (QED) is 0.449. The van der Waals surface area contributed by atoms with E-state index in [2.05, 4.69) is 5.32 Å². The van der Waals surface area contributed by atoms with Gasteiger partial charge in [-0.2, -0.15) is 0 Å². The van der Waals surface area contributed by atoms with E-state index in [1.165, 1.54) is 0 Å². The fourth-order valence-electron chi connectivity index (χ4n) is 2.08. The maximum absolute atomic E-state index is 12.0. The SMILES string of the molecule is CC(C)(CCS(=O)(=O)CC(O)C(O)CO)NC(=O)OCc1ccccc1. The van der Waals surface area contributed by atoms with E-state index in [9.17, 15) is 23.4 Å². The van der Waals surface area contributed by atoms with Crippen LogP contribution in [0.4, 0.5) is 4.79 Å². The number of carbonyl (C=O) groups excluding carboxylic acids is 1. The fraction of sp³-hybridized carbons (Fsp3) is 0.588. The molecule has 0 aliphatic carbocycles. The molecule has 0 bridgehead atoms. The first-order valence-electron chi connectivity index (χ1n) is 8.21. The van der Waals surface area contributed by atoms with Gasteiger partial charge in [0.15, 0.2) is 9.84 Å². The van der Waals surface area contributed by atoms with Gasteiger partial charge in [0.25, 0.3) is 0 Å². The number of aliphatic hydroxyl groups is 3. The molecule has 148 valence electrons. The fourth-order valence-corrected chi connectivity index (χ4v) is 3.82. The van der Waals surface area contributed by atoms with E-state index in [0.29, 0.717) is 0 Å². The number of alkyl carbamates (subject to hydrolysis) is 1. The standard InChI is InChI=1S/C17H27NO7S/c1-17(2,8-9-26(23,24)12-15(21)14(20)10-19)18-16(22)25-11-13-6-4-3-5-7-13/h3-7,14-15,19-21H,8-12H2,1-2H3,(H,18,22). The maximum atomic E-state index is 12.0. The Labute approximate surface area is 153 Å². The first kappa shape index (κ1) is 22.4. The molecule has 26 heavy (non-hydrogen) atoms. The van der Waals surface area contributed by atoms with E-state index in [1.807, 2.05) is 30.3 Å². The summed E-state index contributed by atoms with van der Waals surface area (Å²) in [4.78, 5) is 11.9. The number of aliphatic hydroxyl groups excluding tert-OH is 3. The summed E-state index contributed by atoms with van der Waals surface area (Å²) in [6.07, 6.45) is -3.63. The average molecular weight is 389 g/mol. The normalized spacial score (nSPS) is 14.5. The minimum atomic E-state index is -3.67. The minimum Gasteiger partial charge on any atom is -0.445 e. The summed E-state index contributed by atoms with van der Waals surface area (Å²) in [6, 6.07) is 9.14. The molecule has 1 rings (SSSR count). The summed E-state index contributed by atoms with van der Waals surface area (Å²) < 4.78 is 29.1. The van der Waals surface area contributed by atoms with E-state index in [0.717, 1.165) is 5.56 Å². The van der Waals surface area contributed by atoms with Crippen molar-refractivity contribution in [1.29, 1.82) is 0 Å². The molecule has 2 atom stereocenters. The summed E-state index contributed by atoms with van der Waals surface area (Å²) in [5.41, 5.74) is -0.0130. The topological polar surface area (TPSA) is 133 Å². The number of rotatable bonds is 10. The van der Waals surface area contributed by atoms with Crippen LogP contribution < -0.4 is 5.32 Å². The highest BCUT2D eigenvalue weighted by molar-refractivity contribution is 7.91. The molecular formula is C17H27NO7S. The second-order valence-electron chi connectivity index (χ2n) is 6.75. The van der Waals surface area contributed by atoms with Crippen molar-refractivity contribution in [2.75, 3.05) is 18.1 Å². The molecule has 0 radical (unpaired) electrons. The second kappa shape index (κ2) is 9.86. The first-order valence-corrected chi connectivity index (χ1v) is 10.0. The second-order valence-corrected chi connectivity index (χ2v) is 8.98. The van der Waals surface area contributed by atoms with Gasteiger partial charge in [-0.25, -0.2) is 13.2 Å². The molecule has 0 heterocycles. The van der Waals surface area contributed by atoms with Crippen LogP contribution >= 0.6 is 0 Å². The van der Waals surface area contributed by atoms with Gasteiger partial charge in [0.05, 0.1) is 24.2 Å². The summed E-state index contributed by atoms with van der Waals surface area (Å²) in [7, 11) is -3.67. The molecule has 2 unspecified atom stereocenters. The number of ether oxygens (including phenoxy) is 1. The smallest absolute Gasteiger partial charge is 0.407 e. The molecule has 0 aromatic heterocycles. The Morgan fingerprint density at radius 1 is 1.19 bits per heavy atom. The van der Waals surface area contributed by atoms with Crippen LogP contribution in [0.3, 0.4) is 0 Å². The predicted octanol–water partition coefficient (Wildman–Crippen LogP) is 0.210. The van der Waals surface area contributed by atoms with Crippen molar-refractivity contribution in [3.63, 3.8) is 0 Å². The van der Waals surface area contributed by atoms with Gasteiger partial charge in [-0.05, 0) is 25.8 Å². The number of benzene rings is 1. The Morgan fingerprint density at radius 2 is 1.81 bits per heavy atom. The van der Waals surface area contributed by atoms with Gasteiger partial charge in [0.2, 0.25) is 0 Å². The number of carbonyl (C=O) groups is 1. The Hall–Kier alpha value is -1.68. The first-order chi connectivity index (χ1) is 12.0. The lowest BCUT2D eigenvalue weighted by molar-refractivity contribution is -0.00266. The number of hydrogen-bond acceptors (Lipinski definition) is 7. The van der Waals surface area contributed by atoms with Crippen molar-refractivity contribution in [1.82, 2.24) is 5.32 Å². The molecule has 0 aliphatic heterocycles. The van der Waals surface area contributed by atoms with E-state index < -0.39 is 46.0 Å². The highest BCUT2D eigenvalue weighted by Crippen LogP contribution is 2.13. The van der Waals surface area contributed by atoms with Crippen LogP contribution in [0.2, 0.25) is 0 Å². The van der Waals surface area contributed by atoms with Crippen LogP contribution in [0.5, 0.6) is 0 Å². The zero-order chi connectivity index (χ0) is 19.8. The summed E-state index contributed by atoms with van der Waals surface area (Å²) in [5, 5.41) is 30.1. The average Bonchev–Trinajstić information content (AvgIpc) is 2.58. The Bertz CT molecular complexity index is 661. The Kier molecular flexibility index (Phi) is 8.48. The molecule has 0 saturated heterocycles. The third kappa shape index (κ3) is 8.61. The molecule has 0 fully saturated rings. The molecule has 0 spiro atoms. The molecule has 1 aromatic rings. The third-order valence-corrected chi connectivity index (χ3v) is 5.42. The molecule has 1 amide bonds. The lowest BCUT2D eigenvalue weighted by atomic mass is 10.0. The van der Waals surface area contributed by atoms with Crippen LogP contribution in [0.25, 0.3) is 0 Å². The van der Waals surface area contributed by atoms with Gasteiger partial charge in [-0.3, -0.25) is 0 Å². The van der Waals surface area contributed by atoms with Crippen LogP contribution in [0, 0.1) is 0 Å². The van der Waals surface area contributed by atoms with Gasteiger partial charge in [0.1, 0.15) is 12.7 Å². The highest BCUT2D eigenvalue weighted by atomic mass is 32.2. The number of sulfone groups is 1. The summed E-state index contributed by atoms with van der Waals surface area (Å²) in [6.45, 7) is 2.69. The third-order valence-electron chi connectivity index (χ3n) is 3.75. The molecule has 9 heteroatoms. The lowest BCUT2D eigenvalue weighted by Gasteiger charge is -2.26. The maximum Gasteiger partial charge on any atom is 0.407 e. The van der Waals surface area contributed by atoms with Crippen molar-refractivity contribution >= 4 is 15.9 Å². The van der Waals surface area contributed by atoms with Gasteiger partial charge >= 0.3 is 6.09 Å². The van der Waals surface area contributed by atoms with Crippen molar-refractivity contribution in [3.05, 3.63) is 35.9 Å². The molecular weight excluding hydrogens is 362 g/mol. The summed E-state index contributed by atoms with van der Waals surface area (Å²) >= 11 is 0. The molecule has 8 nitrogen and oxygen atoms in total. The summed E-state index contributed by atoms with van der Waals surface area (Å²) in [5.74, 6) is -0.961. The molecule has 0 aliphatic rings. The zero-order valence-electron chi connectivity index (χ0n) is 15.0. The van der Waals surface area contributed by atoms with Crippen molar-refractivity contribution in [2.24, 2.45) is 0 Å². The Balaban J connectivity index is 2.45. The van der Waals surface area contributed by atoms with Gasteiger partial charge in [0, 0.05) is 5.54 Å².